The second kappa shape index (κ2) is 24.5. The number of oxazole rings is 3. The fourth-order valence-corrected chi connectivity index (χ4v) is 7.70. The van der Waals surface area contributed by atoms with Crippen LogP contribution in [0.3, 0.4) is 0 Å². The van der Waals surface area contributed by atoms with Gasteiger partial charge in [-0.1, -0.05) is 45.5 Å². The summed E-state index contributed by atoms with van der Waals surface area (Å²) in [6.07, 6.45) is 0.826. The summed E-state index contributed by atoms with van der Waals surface area (Å²) in [5.41, 5.74) is -1.53. The molecule has 0 spiro atoms. The van der Waals surface area contributed by atoms with Crippen LogP contribution < -0.4 is 53.6 Å². The average molecular weight is 1150 g/mol. The third-order valence-corrected chi connectivity index (χ3v) is 12.0. The van der Waals surface area contributed by atoms with Gasteiger partial charge in [-0.15, -0.1) is 11.3 Å². The Balaban J connectivity index is 1.37. The Morgan fingerprint density at radius 1 is 0.707 bits per heavy atom. The van der Waals surface area contributed by atoms with Gasteiger partial charge in [0.1, 0.15) is 57.7 Å². The Labute approximate surface area is 467 Å². The first-order chi connectivity index (χ1) is 38.4. The molecular formula is C51H51N15O15S. The van der Waals surface area contributed by atoms with Crippen LogP contribution in [0.5, 0.6) is 0 Å². The molecule has 82 heavy (non-hydrogen) atoms. The van der Waals surface area contributed by atoms with Crippen LogP contribution in [0.15, 0.2) is 105 Å². The number of hydrogen-bond donors (Lipinski definition) is 12. The predicted octanol–water partition coefficient (Wildman–Crippen LogP) is 0.0983. The van der Waals surface area contributed by atoms with E-state index >= 15 is 0 Å². The number of rotatable bonds is 7. The molecule has 6 rings (SSSR count). The van der Waals surface area contributed by atoms with Crippen molar-refractivity contribution < 1.29 is 71.4 Å². The number of allylic oxidation sites excluding steroid dienone is 1. The number of aryl methyl sites for hydroxylation is 2. The van der Waals surface area contributed by atoms with Gasteiger partial charge in [-0.3, -0.25) is 47.9 Å². The third-order valence-electron chi connectivity index (χ3n) is 11.2. The van der Waals surface area contributed by atoms with Crippen molar-refractivity contribution in [2.75, 3.05) is 0 Å². The van der Waals surface area contributed by atoms with Gasteiger partial charge in [-0.2, -0.15) is 0 Å². The van der Waals surface area contributed by atoms with Crippen molar-refractivity contribution in [1.82, 2.24) is 72.8 Å². The molecule has 8 bridgehead atoms. The molecule has 0 saturated carbocycles. The molecule has 1 aliphatic heterocycles. The van der Waals surface area contributed by atoms with E-state index in [9.17, 15) is 58.2 Å². The molecule has 3 unspecified atom stereocenters. The molecule has 13 N–H and O–H groups in total. The summed E-state index contributed by atoms with van der Waals surface area (Å²) in [5, 5.41) is 43.7. The van der Waals surface area contributed by atoms with Crippen LogP contribution in [-0.4, -0.2) is 118 Å². The van der Waals surface area contributed by atoms with E-state index in [1.54, 1.807) is 0 Å². The first-order valence-electron chi connectivity index (χ1n) is 23.6. The molecule has 0 aliphatic carbocycles. The van der Waals surface area contributed by atoms with E-state index in [1.165, 1.54) is 65.1 Å². The average Bonchev–Trinajstić information content (AvgIpc) is 3.99. The highest BCUT2D eigenvalue weighted by molar-refractivity contribution is 7.13. The van der Waals surface area contributed by atoms with Crippen molar-refractivity contribution in [3.63, 3.8) is 0 Å². The van der Waals surface area contributed by atoms with Gasteiger partial charge in [-0.25, -0.2) is 24.9 Å². The molecule has 0 aromatic carbocycles. The highest BCUT2D eigenvalue weighted by Gasteiger charge is 2.37. The number of aromatic nitrogens is 5. The normalized spacial score (nSPS) is 17.3. The summed E-state index contributed by atoms with van der Waals surface area (Å²) < 4.78 is 16.9. The van der Waals surface area contributed by atoms with Gasteiger partial charge in [0.25, 0.3) is 47.3 Å². The summed E-state index contributed by atoms with van der Waals surface area (Å²) in [5.74, 6) is -11.7. The summed E-state index contributed by atoms with van der Waals surface area (Å²) >= 11 is 0.884. The van der Waals surface area contributed by atoms with Crippen LogP contribution in [0.4, 0.5) is 0 Å². The smallest absolute Gasteiger partial charge is 0.278 e. The topological polar surface area (TPSA) is 449 Å². The monoisotopic (exact) mass is 1150 g/mol. The second-order valence-electron chi connectivity index (χ2n) is 18.0. The van der Waals surface area contributed by atoms with Crippen LogP contribution in [0.25, 0.3) is 39.1 Å². The number of carbonyl (C=O) groups excluding carboxylic acids is 10. The zero-order chi connectivity index (χ0) is 60.8. The molecule has 0 fully saturated rings. The maximum atomic E-state index is 13.8. The number of nitrogens with zero attached hydrogens (tertiary/aromatic N) is 5. The maximum Gasteiger partial charge on any atom is 0.278 e. The molecular weight excluding hydrogens is 1090 g/mol. The van der Waals surface area contributed by atoms with Crippen molar-refractivity contribution >= 4 is 87.5 Å². The van der Waals surface area contributed by atoms with E-state index in [-0.39, 0.29) is 73.7 Å². The van der Waals surface area contributed by atoms with Crippen molar-refractivity contribution in [2.24, 2.45) is 5.73 Å². The minimum absolute atomic E-state index is 0.0594. The van der Waals surface area contributed by atoms with Crippen molar-refractivity contribution in [3.8, 4) is 22.0 Å². The van der Waals surface area contributed by atoms with Crippen molar-refractivity contribution in [2.45, 2.75) is 65.3 Å². The lowest BCUT2D eigenvalue weighted by atomic mass is 9.97. The highest BCUT2D eigenvalue weighted by atomic mass is 32.1. The Bertz CT molecular complexity index is 3660. The molecule has 0 radical (unpaired) electrons. The first-order valence-corrected chi connectivity index (χ1v) is 24.5. The van der Waals surface area contributed by atoms with Gasteiger partial charge >= 0.3 is 0 Å². The van der Waals surface area contributed by atoms with E-state index in [0.29, 0.717) is 0 Å². The van der Waals surface area contributed by atoms with E-state index in [4.69, 9.17) is 19.0 Å². The number of nitrogens with one attached hydrogen (secondary N) is 9. The SMILES string of the molecule is C=C(NC(=O)C(=C)NC(=O)c1ccc2c(n1)-c1coc(n1)C(=C)NC(=O)C(=C)NC(=O)c1nc(oc1C)C(=C)NC(=O)C(C(C)(C)O)NC(=O)C(=C)NC(=O)c1nc(oc1C)/C(=C/C)NC(=O)C(C(C)O)NC(=O)c1csc-2n1)C(N)=O. The van der Waals surface area contributed by atoms with E-state index < -0.39 is 123 Å². The quantitative estimate of drug-likeness (QED) is 0.0962. The third kappa shape index (κ3) is 13.9. The number of carbonyl (C=O) groups is 10. The van der Waals surface area contributed by atoms with Gasteiger partial charge < -0.3 is 77.0 Å². The molecule has 3 atom stereocenters. The number of amides is 10. The molecule has 5 aromatic heterocycles. The number of fused-ring (bicyclic) bond motifs is 11. The van der Waals surface area contributed by atoms with E-state index in [2.05, 4.69) is 112 Å². The minimum Gasteiger partial charge on any atom is -0.443 e. The Kier molecular flexibility index (Phi) is 18.0. The number of primary amides is 1. The molecule has 5 aromatic rings. The fraction of sp³-hybridized carbons (Fsp3) is 0.196. The largest absolute Gasteiger partial charge is 0.443 e. The standard InChI is InChI=1S/C51H51N15O15S/c1-13-28-49-65-34(26(10)81-49)45(76)56-21(5)40(71)66-36(51(11,12)78)46(77)58-23(7)48-64-33(25(9)80-48)44(75)55-20(4)39(70)57-22(6)47-61-30(16-79-47)35-27(50-62-31(17-82-50)42(73)63-32(24(8)67)43(74)60-28)14-15-29(59-35)41(72)54-19(3)38(69)53-18(2)37(52)68/h13-17,24,32,36,67,78H,2-7H2,1,8-12H3,(H2,52,68)(H,53,69)(H,54,72)(H,55,75)(H,56,76)(H,57,70)(H,58,77)(H,60,74)(H,63,73)(H,66,71)/b28-13-. The molecule has 6 heterocycles. The molecule has 31 heteroatoms. The number of hydrogen-bond acceptors (Lipinski definition) is 21. The number of pyridine rings is 1. The predicted molar refractivity (Wildman–Crippen MR) is 287 cm³/mol. The number of aliphatic hydroxyl groups is 2. The van der Waals surface area contributed by atoms with Gasteiger partial charge in [0.05, 0.1) is 51.6 Å². The van der Waals surface area contributed by atoms with Crippen LogP contribution in [0.1, 0.15) is 98.8 Å². The Morgan fingerprint density at radius 3 is 1.89 bits per heavy atom. The summed E-state index contributed by atoms with van der Waals surface area (Å²) in [4.78, 5) is 154. The van der Waals surface area contributed by atoms with Gasteiger partial charge in [0.15, 0.2) is 11.4 Å². The van der Waals surface area contributed by atoms with Crippen molar-refractivity contribution in [3.05, 3.63) is 144 Å². The summed E-state index contributed by atoms with van der Waals surface area (Å²) in [6.45, 7) is 29.1. The molecule has 426 valence electrons. The van der Waals surface area contributed by atoms with Crippen LogP contribution in [0.2, 0.25) is 0 Å². The highest BCUT2D eigenvalue weighted by Crippen LogP contribution is 2.33. The number of thiazole rings is 1. The van der Waals surface area contributed by atoms with Crippen LogP contribution >= 0.6 is 11.3 Å². The lowest BCUT2D eigenvalue weighted by Crippen LogP contribution is -2.58. The number of aliphatic hydroxyl groups excluding tert-OH is 1. The van der Waals surface area contributed by atoms with E-state index in [0.717, 1.165) is 17.6 Å². The van der Waals surface area contributed by atoms with Crippen LogP contribution in [-0.2, 0) is 28.8 Å². The minimum atomic E-state index is -2.00. The zero-order valence-corrected chi connectivity index (χ0v) is 45.1. The summed E-state index contributed by atoms with van der Waals surface area (Å²) in [6, 6.07) is -0.904. The maximum absolute atomic E-state index is 13.8. The van der Waals surface area contributed by atoms with Gasteiger partial charge in [-0.05, 0) is 53.7 Å². The Morgan fingerprint density at radius 2 is 1.29 bits per heavy atom. The lowest BCUT2D eigenvalue weighted by molar-refractivity contribution is -0.132. The zero-order valence-electron chi connectivity index (χ0n) is 44.3. The summed E-state index contributed by atoms with van der Waals surface area (Å²) in [7, 11) is 0. The molecule has 10 amide bonds. The Hall–Kier alpha value is -10.8. The lowest BCUT2D eigenvalue weighted by Gasteiger charge is -2.29. The molecule has 1 aliphatic rings. The fourth-order valence-electron chi connectivity index (χ4n) is 6.87. The van der Waals surface area contributed by atoms with E-state index in [1.807, 2.05) is 0 Å². The van der Waals surface area contributed by atoms with Gasteiger partial charge in [0.2, 0.25) is 29.5 Å². The van der Waals surface area contributed by atoms with Gasteiger partial charge in [0, 0.05) is 10.9 Å². The van der Waals surface area contributed by atoms with Crippen molar-refractivity contribution in [1.29, 1.82) is 0 Å². The second-order valence-corrected chi connectivity index (χ2v) is 18.8. The molecule has 0 saturated heterocycles. The van der Waals surface area contributed by atoms with Crippen LogP contribution in [0, 0.1) is 13.8 Å². The molecule has 30 nitrogen and oxygen atoms in total. The number of nitrogens with two attached hydrogens (primary N) is 1. The first kappa shape index (κ1) is 60.4.